The van der Waals surface area contributed by atoms with E-state index in [0.717, 1.165) is 11.3 Å². The average Bonchev–Trinajstić information content (AvgIpc) is 3.00. The van der Waals surface area contributed by atoms with E-state index in [1.165, 1.54) is 0 Å². The van der Waals surface area contributed by atoms with Crippen molar-refractivity contribution in [2.24, 2.45) is 0 Å². The molecule has 0 saturated carbocycles. The second-order valence-corrected chi connectivity index (χ2v) is 5.99. The van der Waals surface area contributed by atoms with E-state index in [9.17, 15) is 4.79 Å². The number of hydrazine groups is 1. The molecule has 1 heterocycles. The van der Waals surface area contributed by atoms with E-state index >= 15 is 0 Å². The van der Waals surface area contributed by atoms with Crippen LogP contribution in [0.5, 0.6) is 0 Å². The van der Waals surface area contributed by atoms with Crippen molar-refractivity contribution in [1.29, 1.82) is 0 Å². The van der Waals surface area contributed by atoms with Crippen molar-refractivity contribution in [1.82, 2.24) is 10.9 Å². The van der Waals surface area contributed by atoms with Crippen molar-refractivity contribution in [3.05, 3.63) is 64.1 Å². The van der Waals surface area contributed by atoms with Gasteiger partial charge in [0.05, 0.1) is 0 Å². The summed E-state index contributed by atoms with van der Waals surface area (Å²) in [5, 5.41) is 4.20. The van der Waals surface area contributed by atoms with E-state index < -0.39 is 0 Å². The minimum Gasteiger partial charge on any atom is -0.325 e. The van der Waals surface area contributed by atoms with Gasteiger partial charge in [0.25, 0.3) is 0 Å². The summed E-state index contributed by atoms with van der Waals surface area (Å²) in [7, 11) is 0. The first-order valence-corrected chi connectivity index (χ1v) is 7.71. The van der Waals surface area contributed by atoms with Crippen LogP contribution in [0.4, 0.5) is 5.69 Å². The Morgan fingerprint density at radius 3 is 2.50 bits per heavy atom. The molecule has 0 radical (unpaired) electrons. The van der Waals surface area contributed by atoms with Gasteiger partial charge in [-0.25, -0.2) is 10.9 Å². The van der Waals surface area contributed by atoms with E-state index in [1.807, 2.05) is 24.3 Å². The molecule has 2 unspecified atom stereocenters. The zero-order valence-corrected chi connectivity index (χ0v) is 13.2. The highest BCUT2D eigenvalue weighted by Gasteiger charge is 2.31. The summed E-state index contributed by atoms with van der Waals surface area (Å²) in [4.78, 5) is 12.3. The lowest BCUT2D eigenvalue weighted by atomic mass is 10.0. The molecule has 1 amide bonds. The number of benzene rings is 2. The van der Waals surface area contributed by atoms with Crippen LogP contribution in [0.2, 0.25) is 10.0 Å². The predicted molar refractivity (Wildman–Crippen MR) is 89.0 cm³/mol. The van der Waals surface area contributed by atoms with Gasteiger partial charge in [-0.05, 0) is 42.3 Å². The quantitative estimate of drug-likeness (QED) is 0.804. The van der Waals surface area contributed by atoms with Crippen LogP contribution in [0.15, 0.2) is 48.5 Å². The first kappa shape index (κ1) is 15.3. The number of anilines is 1. The summed E-state index contributed by atoms with van der Waals surface area (Å²) in [6.45, 7) is 0. The maximum atomic E-state index is 12.3. The van der Waals surface area contributed by atoms with Crippen LogP contribution >= 0.6 is 23.2 Å². The van der Waals surface area contributed by atoms with Crippen LogP contribution in [0.25, 0.3) is 0 Å². The fraction of sp³-hybridized carbons (Fsp3) is 0.188. The normalized spacial score (nSPS) is 20.8. The van der Waals surface area contributed by atoms with Crippen LogP contribution in [-0.4, -0.2) is 11.9 Å². The number of rotatable bonds is 3. The number of hydrogen-bond donors (Lipinski definition) is 3. The Labute approximate surface area is 138 Å². The van der Waals surface area contributed by atoms with Gasteiger partial charge in [0, 0.05) is 21.8 Å². The summed E-state index contributed by atoms with van der Waals surface area (Å²) in [6, 6.07) is 14.3. The van der Waals surface area contributed by atoms with Gasteiger partial charge < -0.3 is 5.32 Å². The van der Waals surface area contributed by atoms with Crippen LogP contribution < -0.4 is 16.2 Å². The molecule has 4 nitrogen and oxygen atoms in total. The van der Waals surface area contributed by atoms with Gasteiger partial charge in [0.15, 0.2) is 0 Å². The fourth-order valence-electron chi connectivity index (χ4n) is 2.45. The van der Waals surface area contributed by atoms with Gasteiger partial charge in [-0.1, -0.05) is 41.4 Å². The Balaban J connectivity index is 1.64. The van der Waals surface area contributed by atoms with Crippen molar-refractivity contribution in [2.45, 2.75) is 18.5 Å². The molecule has 1 aliphatic heterocycles. The molecule has 2 atom stereocenters. The van der Waals surface area contributed by atoms with Gasteiger partial charge in [-0.3, -0.25) is 4.79 Å². The maximum Gasteiger partial charge on any atom is 0.242 e. The number of hydrogen-bond acceptors (Lipinski definition) is 3. The fourth-order valence-corrected chi connectivity index (χ4v) is 2.85. The molecule has 1 saturated heterocycles. The van der Waals surface area contributed by atoms with Gasteiger partial charge >= 0.3 is 0 Å². The zero-order valence-electron chi connectivity index (χ0n) is 11.6. The Morgan fingerprint density at radius 2 is 1.77 bits per heavy atom. The molecule has 0 spiro atoms. The lowest BCUT2D eigenvalue weighted by molar-refractivity contribution is -0.117. The van der Waals surface area contributed by atoms with Gasteiger partial charge in [0.1, 0.15) is 6.04 Å². The number of carbonyl (C=O) groups excluding carboxylic acids is 1. The molecule has 22 heavy (non-hydrogen) atoms. The SMILES string of the molecule is O=C(Nc1ccc(Cl)cc1)C1CC(c2ccccc2Cl)NN1. The third-order valence-corrected chi connectivity index (χ3v) is 4.21. The zero-order chi connectivity index (χ0) is 15.5. The lowest BCUT2D eigenvalue weighted by Gasteiger charge is -2.11. The number of nitrogens with one attached hydrogen (secondary N) is 3. The van der Waals surface area contributed by atoms with E-state index in [4.69, 9.17) is 23.2 Å². The number of halogens is 2. The van der Waals surface area contributed by atoms with Gasteiger partial charge in [-0.2, -0.15) is 0 Å². The molecule has 0 aliphatic carbocycles. The molecule has 3 rings (SSSR count). The minimum absolute atomic E-state index is 0.00895. The van der Waals surface area contributed by atoms with E-state index in [1.54, 1.807) is 24.3 Å². The Morgan fingerprint density at radius 1 is 1.05 bits per heavy atom. The topological polar surface area (TPSA) is 53.2 Å². The molecule has 6 heteroatoms. The van der Waals surface area contributed by atoms with Crippen LogP contribution in [0.3, 0.4) is 0 Å². The second kappa shape index (κ2) is 6.67. The smallest absolute Gasteiger partial charge is 0.242 e. The third kappa shape index (κ3) is 3.42. The predicted octanol–water partition coefficient (Wildman–Crippen LogP) is 3.54. The van der Waals surface area contributed by atoms with Crippen molar-refractivity contribution < 1.29 is 4.79 Å². The molecular weight excluding hydrogens is 321 g/mol. The lowest BCUT2D eigenvalue weighted by Crippen LogP contribution is -2.39. The van der Waals surface area contributed by atoms with E-state index in [0.29, 0.717) is 16.5 Å². The van der Waals surface area contributed by atoms with E-state index in [-0.39, 0.29) is 18.0 Å². The Bertz CT molecular complexity index is 675. The molecule has 0 bridgehead atoms. The molecule has 2 aromatic rings. The van der Waals surface area contributed by atoms with Crippen molar-refractivity contribution in [3.63, 3.8) is 0 Å². The molecule has 114 valence electrons. The Kier molecular flexibility index (Phi) is 4.64. The summed E-state index contributed by atoms with van der Waals surface area (Å²) in [6.07, 6.45) is 0.628. The average molecular weight is 336 g/mol. The minimum atomic E-state index is -0.322. The molecule has 1 aliphatic rings. The summed E-state index contributed by atoms with van der Waals surface area (Å²) in [5.74, 6) is -0.0932. The van der Waals surface area contributed by atoms with Crippen LogP contribution in [-0.2, 0) is 4.79 Å². The van der Waals surface area contributed by atoms with Crippen LogP contribution in [0, 0.1) is 0 Å². The highest BCUT2D eigenvalue weighted by atomic mass is 35.5. The Hall–Kier alpha value is -1.59. The van der Waals surface area contributed by atoms with Crippen molar-refractivity contribution >= 4 is 34.8 Å². The summed E-state index contributed by atoms with van der Waals surface area (Å²) in [5.41, 5.74) is 7.84. The summed E-state index contributed by atoms with van der Waals surface area (Å²) >= 11 is 12.0. The summed E-state index contributed by atoms with van der Waals surface area (Å²) < 4.78 is 0. The third-order valence-electron chi connectivity index (χ3n) is 3.61. The van der Waals surface area contributed by atoms with E-state index in [2.05, 4.69) is 16.2 Å². The first-order valence-electron chi connectivity index (χ1n) is 6.95. The van der Waals surface area contributed by atoms with Crippen molar-refractivity contribution in [2.75, 3.05) is 5.32 Å². The number of amides is 1. The second-order valence-electron chi connectivity index (χ2n) is 5.15. The number of carbonyl (C=O) groups is 1. The van der Waals surface area contributed by atoms with Crippen LogP contribution in [0.1, 0.15) is 18.0 Å². The largest absolute Gasteiger partial charge is 0.325 e. The standard InChI is InChI=1S/C16H15Cl2N3O/c17-10-5-7-11(8-6-10)19-16(22)15-9-14(20-21-15)12-3-1-2-4-13(12)18/h1-8,14-15,20-21H,9H2,(H,19,22). The highest BCUT2D eigenvalue weighted by Crippen LogP contribution is 2.28. The van der Waals surface area contributed by atoms with Gasteiger partial charge in [0.2, 0.25) is 5.91 Å². The van der Waals surface area contributed by atoms with Crippen molar-refractivity contribution in [3.8, 4) is 0 Å². The maximum absolute atomic E-state index is 12.3. The molecular formula is C16H15Cl2N3O. The molecule has 2 aromatic carbocycles. The highest BCUT2D eigenvalue weighted by molar-refractivity contribution is 6.31. The van der Waals surface area contributed by atoms with Gasteiger partial charge in [-0.15, -0.1) is 0 Å². The molecule has 0 aromatic heterocycles. The first-order chi connectivity index (χ1) is 10.6. The molecule has 3 N–H and O–H groups in total. The molecule has 1 fully saturated rings. The monoisotopic (exact) mass is 335 g/mol.